The lowest BCUT2D eigenvalue weighted by molar-refractivity contribution is 0.102. The van der Waals surface area contributed by atoms with E-state index in [4.69, 9.17) is 0 Å². The van der Waals surface area contributed by atoms with Gasteiger partial charge in [0.2, 0.25) is 10.0 Å². The van der Waals surface area contributed by atoms with E-state index in [-0.39, 0.29) is 10.8 Å². The maximum absolute atomic E-state index is 12.7. The first-order valence-corrected chi connectivity index (χ1v) is 10.5. The zero-order chi connectivity index (χ0) is 20.5. The summed E-state index contributed by atoms with van der Waals surface area (Å²) in [6.45, 7) is 7.31. The second-order valence-corrected chi connectivity index (χ2v) is 9.55. The second kappa shape index (κ2) is 7.37. The predicted molar refractivity (Wildman–Crippen MR) is 113 cm³/mol. The van der Waals surface area contributed by atoms with Gasteiger partial charge in [-0.1, -0.05) is 30.3 Å². The van der Waals surface area contributed by atoms with Crippen LogP contribution in [-0.4, -0.2) is 19.9 Å². The van der Waals surface area contributed by atoms with Crippen LogP contribution in [0.25, 0.3) is 10.8 Å². The van der Waals surface area contributed by atoms with Crippen molar-refractivity contribution >= 4 is 32.4 Å². The van der Waals surface area contributed by atoms with Crippen LogP contribution in [0.15, 0.2) is 65.6 Å². The predicted octanol–water partition coefficient (Wildman–Crippen LogP) is 4.48. The molecule has 0 fully saturated rings. The van der Waals surface area contributed by atoms with Crippen molar-refractivity contribution < 1.29 is 13.2 Å². The van der Waals surface area contributed by atoms with E-state index in [0.717, 1.165) is 22.0 Å². The Hall–Kier alpha value is -2.70. The summed E-state index contributed by atoms with van der Waals surface area (Å²) in [5.74, 6) is -0.288. The van der Waals surface area contributed by atoms with Crippen LogP contribution < -0.4 is 10.0 Å². The minimum Gasteiger partial charge on any atom is -0.321 e. The van der Waals surface area contributed by atoms with Crippen molar-refractivity contribution in [3.05, 3.63) is 71.8 Å². The van der Waals surface area contributed by atoms with Gasteiger partial charge in [-0.25, -0.2) is 13.1 Å². The number of amides is 1. The fraction of sp³-hybridized carbons (Fsp3) is 0.227. The van der Waals surface area contributed by atoms with Crippen LogP contribution >= 0.6 is 0 Å². The smallest absolute Gasteiger partial charge is 0.255 e. The summed E-state index contributed by atoms with van der Waals surface area (Å²) >= 11 is 0. The Balaban J connectivity index is 1.85. The molecule has 2 N–H and O–H groups in total. The molecule has 5 nitrogen and oxygen atoms in total. The summed E-state index contributed by atoms with van der Waals surface area (Å²) in [6, 6.07) is 17.7. The molecule has 146 valence electrons. The molecule has 0 aliphatic carbocycles. The molecule has 0 saturated carbocycles. The average molecular weight is 397 g/mol. The molecule has 0 bridgehead atoms. The number of carbonyl (C=O) groups excluding carboxylic acids is 1. The van der Waals surface area contributed by atoms with Gasteiger partial charge in [-0.05, 0) is 69.0 Å². The lowest BCUT2D eigenvalue weighted by Crippen LogP contribution is -2.40. The molecule has 3 aromatic carbocycles. The first-order chi connectivity index (χ1) is 13.0. The first-order valence-electron chi connectivity index (χ1n) is 9.00. The highest BCUT2D eigenvalue weighted by Crippen LogP contribution is 2.26. The molecular formula is C22H24N2O3S. The van der Waals surface area contributed by atoms with Gasteiger partial charge >= 0.3 is 0 Å². The van der Waals surface area contributed by atoms with Gasteiger partial charge < -0.3 is 5.32 Å². The van der Waals surface area contributed by atoms with Crippen LogP contribution in [0.4, 0.5) is 5.69 Å². The van der Waals surface area contributed by atoms with E-state index >= 15 is 0 Å². The lowest BCUT2D eigenvalue weighted by Gasteiger charge is -2.20. The van der Waals surface area contributed by atoms with Crippen LogP contribution in [0.3, 0.4) is 0 Å². The van der Waals surface area contributed by atoms with E-state index in [1.165, 1.54) is 24.3 Å². The summed E-state index contributed by atoms with van der Waals surface area (Å²) in [5.41, 5.74) is 1.58. The molecule has 3 aromatic rings. The number of fused-ring (bicyclic) bond motifs is 1. The first kappa shape index (κ1) is 20.0. The Bertz CT molecular complexity index is 1130. The monoisotopic (exact) mass is 396 g/mol. The van der Waals surface area contributed by atoms with Crippen molar-refractivity contribution in [2.75, 3.05) is 5.32 Å². The van der Waals surface area contributed by atoms with E-state index in [9.17, 15) is 13.2 Å². The summed E-state index contributed by atoms with van der Waals surface area (Å²) in [7, 11) is -3.64. The normalized spacial score (nSPS) is 12.1. The Kier molecular flexibility index (Phi) is 5.28. The molecule has 0 aliphatic rings. The number of benzene rings is 3. The van der Waals surface area contributed by atoms with Gasteiger partial charge in [0, 0.05) is 22.2 Å². The SMILES string of the molecule is Cc1cc(NC(=O)c2ccc(S(=O)(=O)NC(C)(C)C)cc2)c2ccccc2c1. The number of aryl methyl sites for hydroxylation is 1. The van der Waals surface area contributed by atoms with Gasteiger partial charge in [-0.3, -0.25) is 4.79 Å². The summed E-state index contributed by atoms with van der Waals surface area (Å²) in [6.07, 6.45) is 0. The van der Waals surface area contributed by atoms with Crippen LogP contribution in [0.2, 0.25) is 0 Å². The number of sulfonamides is 1. The fourth-order valence-electron chi connectivity index (χ4n) is 3.01. The molecule has 1 amide bonds. The van der Waals surface area contributed by atoms with Crippen molar-refractivity contribution in [2.24, 2.45) is 0 Å². The Morgan fingerprint density at radius 2 is 1.57 bits per heavy atom. The third-order valence-electron chi connectivity index (χ3n) is 4.12. The molecule has 3 rings (SSSR count). The molecule has 0 radical (unpaired) electrons. The molecule has 28 heavy (non-hydrogen) atoms. The summed E-state index contributed by atoms with van der Waals surface area (Å²) < 4.78 is 27.4. The number of hydrogen-bond acceptors (Lipinski definition) is 3. The molecule has 0 aliphatic heterocycles. The summed E-state index contributed by atoms with van der Waals surface area (Å²) in [5, 5.41) is 4.94. The maximum Gasteiger partial charge on any atom is 0.255 e. The van der Waals surface area contributed by atoms with Crippen molar-refractivity contribution in [1.82, 2.24) is 4.72 Å². The minimum absolute atomic E-state index is 0.125. The van der Waals surface area contributed by atoms with Gasteiger partial charge in [0.05, 0.1) is 4.90 Å². The van der Waals surface area contributed by atoms with Gasteiger partial charge in [0.1, 0.15) is 0 Å². The molecule has 0 atom stereocenters. The number of rotatable bonds is 4. The molecule has 0 aromatic heterocycles. The van der Waals surface area contributed by atoms with Crippen LogP contribution in [0.5, 0.6) is 0 Å². The second-order valence-electron chi connectivity index (χ2n) is 7.87. The molecule has 6 heteroatoms. The van der Waals surface area contributed by atoms with Gasteiger partial charge in [0.25, 0.3) is 5.91 Å². The topological polar surface area (TPSA) is 75.3 Å². The largest absolute Gasteiger partial charge is 0.321 e. The van der Waals surface area contributed by atoms with Crippen LogP contribution in [-0.2, 0) is 10.0 Å². The minimum atomic E-state index is -3.64. The van der Waals surface area contributed by atoms with E-state index in [1.807, 2.05) is 37.3 Å². The molecule has 0 saturated heterocycles. The molecule has 0 unspecified atom stereocenters. The van der Waals surface area contributed by atoms with Crippen LogP contribution in [0.1, 0.15) is 36.7 Å². The molecular weight excluding hydrogens is 372 g/mol. The fourth-order valence-corrected chi connectivity index (χ4v) is 4.42. The van der Waals surface area contributed by atoms with Crippen molar-refractivity contribution in [1.29, 1.82) is 0 Å². The summed E-state index contributed by atoms with van der Waals surface area (Å²) in [4.78, 5) is 12.8. The molecule has 0 heterocycles. The molecule has 0 spiro atoms. The number of anilines is 1. The van der Waals surface area contributed by atoms with E-state index < -0.39 is 15.6 Å². The standard InChI is InChI=1S/C22H24N2O3S/c1-15-13-17-7-5-6-8-19(17)20(14-15)23-21(25)16-9-11-18(12-10-16)28(26,27)24-22(2,3)4/h5-14,24H,1-4H3,(H,23,25). The van der Waals surface area contributed by atoms with E-state index in [1.54, 1.807) is 20.8 Å². The Morgan fingerprint density at radius 3 is 2.21 bits per heavy atom. The zero-order valence-corrected chi connectivity index (χ0v) is 17.2. The highest BCUT2D eigenvalue weighted by Gasteiger charge is 2.22. The van der Waals surface area contributed by atoms with E-state index in [2.05, 4.69) is 16.1 Å². The zero-order valence-electron chi connectivity index (χ0n) is 16.4. The van der Waals surface area contributed by atoms with Crippen LogP contribution in [0, 0.1) is 6.92 Å². The van der Waals surface area contributed by atoms with E-state index in [0.29, 0.717) is 5.56 Å². The van der Waals surface area contributed by atoms with Gasteiger partial charge in [0.15, 0.2) is 0 Å². The van der Waals surface area contributed by atoms with Crippen molar-refractivity contribution in [3.8, 4) is 0 Å². The quantitative estimate of drug-likeness (QED) is 0.683. The lowest BCUT2D eigenvalue weighted by atomic mass is 10.1. The highest BCUT2D eigenvalue weighted by atomic mass is 32.2. The third kappa shape index (κ3) is 4.58. The van der Waals surface area contributed by atoms with Crippen molar-refractivity contribution in [3.63, 3.8) is 0 Å². The van der Waals surface area contributed by atoms with Gasteiger partial charge in [-0.2, -0.15) is 0 Å². The van der Waals surface area contributed by atoms with Crippen molar-refractivity contribution in [2.45, 2.75) is 38.1 Å². The Labute approximate surface area is 165 Å². The maximum atomic E-state index is 12.7. The highest BCUT2D eigenvalue weighted by molar-refractivity contribution is 7.89. The Morgan fingerprint density at radius 1 is 0.929 bits per heavy atom. The third-order valence-corrected chi connectivity index (χ3v) is 5.90. The average Bonchev–Trinajstić information content (AvgIpc) is 2.59. The number of carbonyl (C=O) groups is 1. The number of nitrogens with one attached hydrogen (secondary N) is 2. The van der Waals surface area contributed by atoms with Gasteiger partial charge in [-0.15, -0.1) is 0 Å². The number of hydrogen-bond donors (Lipinski definition) is 2.